The molecular formula is C7H10N4OS. The molecule has 0 spiro atoms. The number of aromatic nitrogens is 2. The fraction of sp³-hybridized carbons (Fsp3) is 0.571. The molecule has 2 heterocycles. The van der Waals surface area contributed by atoms with Gasteiger partial charge in [0.15, 0.2) is 0 Å². The number of nitrogens with one attached hydrogen (secondary N) is 2. The van der Waals surface area contributed by atoms with E-state index in [2.05, 4.69) is 20.8 Å². The average Bonchev–Trinajstić information content (AvgIpc) is 2.71. The maximum absolute atomic E-state index is 10.9. The lowest BCUT2D eigenvalue weighted by molar-refractivity contribution is -0.119. The van der Waals surface area contributed by atoms with Crippen LogP contribution in [0.15, 0.2) is 5.51 Å². The number of amides is 1. The summed E-state index contributed by atoms with van der Waals surface area (Å²) >= 11 is 1.46. The molecule has 2 rings (SSSR count). The van der Waals surface area contributed by atoms with Gasteiger partial charge in [-0.2, -0.15) is 0 Å². The van der Waals surface area contributed by atoms with Crippen LogP contribution in [0, 0.1) is 0 Å². The SMILES string of the molecule is O=C1CCC(CNc2nncs2)N1. The van der Waals surface area contributed by atoms with Crippen molar-refractivity contribution in [3.8, 4) is 0 Å². The standard InChI is InChI=1S/C7H10N4OS/c12-6-2-1-5(10-6)3-8-7-11-9-4-13-7/h4-5H,1-3H2,(H,8,11)(H,10,12). The van der Waals surface area contributed by atoms with Crippen molar-refractivity contribution >= 4 is 22.4 Å². The fourth-order valence-corrected chi connectivity index (χ4v) is 1.75. The minimum atomic E-state index is 0.143. The number of hydrogen-bond donors (Lipinski definition) is 2. The Hall–Kier alpha value is -1.17. The first-order valence-corrected chi connectivity index (χ1v) is 5.02. The van der Waals surface area contributed by atoms with Crippen molar-refractivity contribution in [3.05, 3.63) is 5.51 Å². The lowest BCUT2D eigenvalue weighted by atomic mass is 10.2. The van der Waals surface area contributed by atoms with Crippen LogP contribution < -0.4 is 10.6 Å². The van der Waals surface area contributed by atoms with Crippen molar-refractivity contribution in [2.75, 3.05) is 11.9 Å². The first-order valence-electron chi connectivity index (χ1n) is 4.14. The smallest absolute Gasteiger partial charge is 0.220 e. The molecule has 1 aliphatic heterocycles. The number of carbonyl (C=O) groups is 1. The van der Waals surface area contributed by atoms with Gasteiger partial charge in [0.05, 0.1) is 0 Å². The number of nitrogens with zero attached hydrogens (tertiary/aromatic N) is 2. The predicted molar refractivity (Wildman–Crippen MR) is 49.6 cm³/mol. The third kappa shape index (κ3) is 2.15. The van der Waals surface area contributed by atoms with Crippen molar-refractivity contribution in [1.29, 1.82) is 0 Å². The van der Waals surface area contributed by atoms with E-state index in [-0.39, 0.29) is 11.9 Å². The molecule has 5 nitrogen and oxygen atoms in total. The Bertz CT molecular complexity index is 287. The minimum absolute atomic E-state index is 0.143. The third-order valence-corrected chi connectivity index (χ3v) is 2.59. The summed E-state index contributed by atoms with van der Waals surface area (Å²) in [7, 11) is 0. The van der Waals surface area contributed by atoms with Crippen LogP contribution in [0.3, 0.4) is 0 Å². The van der Waals surface area contributed by atoms with Gasteiger partial charge in [-0.1, -0.05) is 11.3 Å². The van der Waals surface area contributed by atoms with Crippen LogP contribution in [0.4, 0.5) is 5.13 Å². The summed E-state index contributed by atoms with van der Waals surface area (Å²) in [4.78, 5) is 10.9. The van der Waals surface area contributed by atoms with Gasteiger partial charge in [0.25, 0.3) is 0 Å². The van der Waals surface area contributed by atoms with Crippen LogP contribution in [-0.4, -0.2) is 28.7 Å². The molecule has 2 N–H and O–H groups in total. The van der Waals surface area contributed by atoms with Crippen LogP contribution in [0.5, 0.6) is 0 Å². The zero-order valence-electron chi connectivity index (χ0n) is 6.99. The molecule has 1 saturated heterocycles. The van der Waals surface area contributed by atoms with Gasteiger partial charge in [0.1, 0.15) is 5.51 Å². The van der Waals surface area contributed by atoms with E-state index in [1.165, 1.54) is 11.3 Å². The summed E-state index contributed by atoms with van der Waals surface area (Å²) in [5, 5.41) is 14.3. The second kappa shape index (κ2) is 3.69. The normalized spacial score (nSPS) is 21.5. The van der Waals surface area contributed by atoms with E-state index < -0.39 is 0 Å². The molecule has 70 valence electrons. The van der Waals surface area contributed by atoms with E-state index in [9.17, 15) is 4.79 Å². The summed E-state index contributed by atoms with van der Waals surface area (Å²) in [6.07, 6.45) is 1.55. The highest BCUT2D eigenvalue weighted by molar-refractivity contribution is 7.13. The number of anilines is 1. The quantitative estimate of drug-likeness (QED) is 0.729. The van der Waals surface area contributed by atoms with Gasteiger partial charge in [-0.05, 0) is 6.42 Å². The van der Waals surface area contributed by atoms with Gasteiger partial charge in [0, 0.05) is 19.0 Å². The highest BCUT2D eigenvalue weighted by Crippen LogP contribution is 2.10. The lowest BCUT2D eigenvalue weighted by Gasteiger charge is -2.09. The molecule has 0 saturated carbocycles. The highest BCUT2D eigenvalue weighted by atomic mass is 32.1. The van der Waals surface area contributed by atoms with Gasteiger partial charge in [-0.15, -0.1) is 10.2 Å². The summed E-state index contributed by atoms with van der Waals surface area (Å²) in [5.41, 5.74) is 1.68. The molecule has 1 aromatic heterocycles. The van der Waals surface area contributed by atoms with E-state index in [4.69, 9.17) is 0 Å². The van der Waals surface area contributed by atoms with Gasteiger partial charge in [-0.25, -0.2) is 0 Å². The summed E-state index contributed by atoms with van der Waals surface area (Å²) in [5.74, 6) is 0.143. The molecule has 13 heavy (non-hydrogen) atoms. The van der Waals surface area contributed by atoms with Crippen LogP contribution in [0.1, 0.15) is 12.8 Å². The Morgan fingerprint density at radius 3 is 3.31 bits per heavy atom. The predicted octanol–water partition coefficient (Wildman–Crippen LogP) is 0.229. The molecule has 0 aliphatic carbocycles. The number of rotatable bonds is 3. The van der Waals surface area contributed by atoms with Crippen LogP contribution in [-0.2, 0) is 4.79 Å². The Labute approximate surface area is 79.6 Å². The molecule has 0 bridgehead atoms. The van der Waals surface area contributed by atoms with Gasteiger partial charge >= 0.3 is 0 Å². The van der Waals surface area contributed by atoms with E-state index in [0.29, 0.717) is 6.42 Å². The molecule has 0 aromatic carbocycles. The van der Waals surface area contributed by atoms with E-state index in [1.54, 1.807) is 5.51 Å². The molecule has 1 aliphatic rings. The monoisotopic (exact) mass is 198 g/mol. The second-order valence-corrected chi connectivity index (χ2v) is 3.76. The maximum Gasteiger partial charge on any atom is 0.220 e. The molecular weight excluding hydrogens is 188 g/mol. The van der Waals surface area contributed by atoms with Crippen LogP contribution >= 0.6 is 11.3 Å². The first-order chi connectivity index (χ1) is 6.34. The molecule has 1 amide bonds. The van der Waals surface area contributed by atoms with E-state index in [1.807, 2.05) is 0 Å². The topological polar surface area (TPSA) is 66.9 Å². The Kier molecular flexibility index (Phi) is 2.40. The summed E-state index contributed by atoms with van der Waals surface area (Å²) < 4.78 is 0. The summed E-state index contributed by atoms with van der Waals surface area (Å²) in [6.45, 7) is 0.737. The first kappa shape index (κ1) is 8.43. The van der Waals surface area contributed by atoms with Crippen molar-refractivity contribution in [2.45, 2.75) is 18.9 Å². The van der Waals surface area contributed by atoms with E-state index >= 15 is 0 Å². The molecule has 0 radical (unpaired) electrons. The average molecular weight is 198 g/mol. The molecule has 1 unspecified atom stereocenters. The second-order valence-electron chi connectivity index (χ2n) is 2.93. The lowest BCUT2D eigenvalue weighted by Crippen LogP contribution is -2.31. The Morgan fingerprint density at radius 2 is 2.69 bits per heavy atom. The van der Waals surface area contributed by atoms with Gasteiger partial charge in [0.2, 0.25) is 11.0 Å². The highest BCUT2D eigenvalue weighted by Gasteiger charge is 2.20. The number of hydrogen-bond acceptors (Lipinski definition) is 5. The van der Waals surface area contributed by atoms with Crippen molar-refractivity contribution in [1.82, 2.24) is 15.5 Å². The van der Waals surface area contributed by atoms with Gasteiger partial charge < -0.3 is 10.6 Å². The molecule has 6 heteroatoms. The molecule has 1 atom stereocenters. The zero-order chi connectivity index (χ0) is 9.10. The summed E-state index contributed by atoms with van der Waals surface area (Å²) in [6, 6.07) is 0.247. The van der Waals surface area contributed by atoms with Crippen molar-refractivity contribution in [3.63, 3.8) is 0 Å². The number of carbonyl (C=O) groups excluding carboxylic acids is 1. The van der Waals surface area contributed by atoms with Gasteiger partial charge in [-0.3, -0.25) is 4.79 Å². The van der Waals surface area contributed by atoms with Crippen LogP contribution in [0.25, 0.3) is 0 Å². The molecule has 1 fully saturated rings. The Morgan fingerprint density at radius 1 is 1.77 bits per heavy atom. The van der Waals surface area contributed by atoms with Crippen molar-refractivity contribution in [2.24, 2.45) is 0 Å². The maximum atomic E-state index is 10.9. The minimum Gasteiger partial charge on any atom is -0.358 e. The zero-order valence-corrected chi connectivity index (χ0v) is 7.80. The fourth-order valence-electron chi connectivity index (χ4n) is 1.29. The van der Waals surface area contributed by atoms with Crippen LogP contribution in [0.2, 0.25) is 0 Å². The van der Waals surface area contributed by atoms with Crippen molar-refractivity contribution < 1.29 is 4.79 Å². The largest absolute Gasteiger partial charge is 0.358 e. The molecule has 1 aromatic rings. The Balaban J connectivity index is 1.77. The third-order valence-electron chi connectivity index (χ3n) is 1.94. The van der Waals surface area contributed by atoms with E-state index in [0.717, 1.165) is 18.1 Å².